The molecule has 5 nitrogen and oxygen atoms in total. The summed E-state index contributed by atoms with van der Waals surface area (Å²) in [5.41, 5.74) is 0.808. The van der Waals surface area contributed by atoms with Crippen LogP contribution in [-0.2, 0) is 9.47 Å². The van der Waals surface area contributed by atoms with Crippen LogP contribution in [0.3, 0.4) is 0 Å². The summed E-state index contributed by atoms with van der Waals surface area (Å²) >= 11 is 3.35. The number of carbonyl (C=O) groups excluding carboxylic acids is 2. The molecule has 0 N–H and O–H groups in total. The average molecular weight is 367 g/mol. The first-order valence-electron chi connectivity index (χ1n) is 6.80. The van der Waals surface area contributed by atoms with Gasteiger partial charge in [-0.05, 0) is 32.0 Å². The molecule has 0 bridgehead atoms. The van der Waals surface area contributed by atoms with Crippen molar-refractivity contribution in [3.05, 3.63) is 46.1 Å². The maximum Gasteiger partial charge on any atom is 0.375 e. The molecule has 1 aromatic carbocycles. The Kier molecular flexibility index (Phi) is 5.38. The van der Waals surface area contributed by atoms with Crippen LogP contribution >= 0.6 is 15.9 Å². The molecule has 0 fully saturated rings. The highest BCUT2D eigenvalue weighted by atomic mass is 79.9. The van der Waals surface area contributed by atoms with Crippen molar-refractivity contribution in [2.24, 2.45) is 0 Å². The number of ether oxygens (including phenoxy) is 2. The number of furan rings is 1. The van der Waals surface area contributed by atoms with E-state index < -0.39 is 11.9 Å². The highest BCUT2D eigenvalue weighted by molar-refractivity contribution is 9.10. The smallest absolute Gasteiger partial charge is 0.375 e. The minimum atomic E-state index is -0.686. The predicted octanol–water partition coefficient (Wildman–Crippen LogP) is 4.06. The van der Waals surface area contributed by atoms with Crippen LogP contribution in [0.15, 0.2) is 39.2 Å². The van der Waals surface area contributed by atoms with E-state index in [1.807, 2.05) is 24.3 Å². The van der Waals surface area contributed by atoms with Crippen LogP contribution in [0.4, 0.5) is 0 Å². The molecule has 0 spiro atoms. The summed E-state index contributed by atoms with van der Waals surface area (Å²) < 4.78 is 16.3. The Morgan fingerprint density at radius 3 is 2.23 bits per heavy atom. The van der Waals surface area contributed by atoms with Crippen LogP contribution in [0.25, 0.3) is 11.3 Å². The van der Waals surface area contributed by atoms with Gasteiger partial charge in [0.15, 0.2) is 0 Å². The number of hydrogen-bond donors (Lipinski definition) is 0. The Bertz CT molecular complexity index is 637. The first kappa shape index (κ1) is 16.3. The largest absolute Gasteiger partial charge is 0.462 e. The molecule has 1 aromatic heterocycles. The Hall–Kier alpha value is -2.08. The SMILES string of the molecule is CCOC(=O)c1cc(-c2ccc(Br)cc2)oc1C(=O)OCC. The van der Waals surface area contributed by atoms with Gasteiger partial charge in [-0.25, -0.2) is 9.59 Å². The zero-order valence-electron chi connectivity index (χ0n) is 12.2. The van der Waals surface area contributed by atoms with Crippen LogP contribution in [0.5, 0.6) is 0 Å². The molecule has 0 radical (unpaired) electrons. The van der Waals surface area contributed by atoms with E-state index >= 15 is 0 Å². The topological polar surface area (TPSA) is 65.7 Å². The summed E-state index contributed by atoms with van der Waals surface area (Å²) in [6.07, 6.45) is 0. The predicted molar refractivity (Wildman–Crippen MR) is 83.8 cm³/mol. The lowest BCUT2D eigenvalue weighted by Crippen LogP contribution is -2.11. The maximum absolute atomic E-state index is 12.0. The lowest BCUT2D eigenvalue weighted by Gasteiger charge is -2.02. The van der Waals surface area contributed by atoms with Gasteiger partial charge in [0.05, 0.1) is 13.2 Å². The molecule has 0 aliphatic carbocycles. The Labute approximate surface area is 136 Å². The highest BCUT2D eigenvalue weighted by Gasteiger charge is 2.26. The van der Waals surface area contributed by atoms with Crippen molar-refractivity contribution < 1.29 is 23.5 Å². The molecule has 0 aliphatic rings. The van der Waals surface area contributed by atoms with E-state index in [1.165, 1.54) is 6.07 Å². The Morgan fingerprint density at radius 2 is 1.64 bits per heavy atom. The fourth-order valence-corrected chi connectivity index (χ4v) is 2.12. The van der Waals surface area contributed by atoms with Crippen LogP contribution in [0.1, 0.15) is 34.8 Å². The fourth-order valence-electron chi connectivity index (χ4n) is 1.86. The van der Waals surface area contributed by atoms with Gasteiger partial charge in [-0.2, -0.15) is 0 Å². The summed E-state index contributed by atoms with van der Waals surface area (Å²) in [5, 5.41) is 0. The molecule has 0 saturated carbocycles. The van der Waals surface area contributed by atoms with Crippen LogP contribution in [-0.4, -0.2) is 25.2 Å². The molecule has 0 atom stereocenters. The van der Waals surface area contributed by atoms with Gasteiger partial charge in [0.2, 0.25) is 5.76 Å². The van der Waals surface area contributed by atoms with E-state index in [4.69, 9.17) is 13.9 Å². The second-order valence-corrected chi connectivity index (χ2v) is 5.22. The molecule has 22 heavy (non-hydrogen) atoms. The number of halogens is 1. The molecular formula is C16H15BrO5. The summed E-state index contributed by atoms with van der Waals surface area (Å²) in [5.74, 6) is -1.04. The maximum atomic E-state index is 12.0. The van der Waals surface area contributed by atoms with Gasteiger partial charge in [0, 0.05) is 10.0 Å². The van der Waals surface area contributed by atoms with Crippen molar-refractivity contribution in [1.82, 2.24) is 0 Å². The fraction of sp³-hybridized carbons (Fsp3) is 0.250. The third-order valence-corrected chi connectivity index (χ3v) is 3.35. The van der Waals surface area contributed by atoms with Gasteiger partial charge in [-0.15, -0.1) is 0 Å². The van der Waals surface area contributed by atoms with E-state index in [1.54, 1.807) is 13.8 Å². The third kappa shape index (κ3) is 3.57. The first-order valence-corrected chi connectivity index (χ1v) is 7.60. The van der Waals surface area contributed by atoms with Gasteiger partial charge in [-0.3, -0.25) is 0 Å². The van der Waals surface area contributed by atoms with Crippen molar-refractivity contribution in [3.63, 3.8) is 0 Å². The zero-order valence-corrected chi connectivity index (χ0v) is 13.8. The van der Waals surface area contributed by atoms with E-state index in [0.29, 0.717) is 5.76 Å². The number of esters is 2. The van der Waals surface area contributed by atoms with Crippen molar-refractivity contribution in [3.8, 4) is 11.3 Å². The van der Waals surface area contributed by atoms with Gasteiger partial charge in [0.1, 0.15) is 11.3 Å². The van der Waals surface area contributed by atoms with Crippen LogP contribution in [0.2, 0.25) is 0 Å². The first-order chi connectivity index (χ1) is 10.6. The zero-order chi connectivity index (χ0) is 16.1. The molecule has 2 aromatic rings. The number of rotatable bonds is 5. The van der Waals surface area contributed by atoms with Gasteiger partial charge >= 0.3 is 11.9 Å². The van der Waals surface area contributed by atoms with Crippen molar-refractivity contribution in [2.75, 3.05) is 13.2 Å². The van der Waals surface area contributed by atoms with E-state index in [9.17, 15) is 9.59 Å². The normalized spacial score (nSPS) is 10.3. The second kappa shape index (κ2) is 7.26. The molecule has 116 valence electrons. The molecule has 0 saturated heterocycles. The third-order valence-electron chi connectivity index (χ3n) is 2.82. The quantitative estimate of drug-likeness (QED) is 0.746. The molecule has 0 unspecified atom stereocenters. The van der Waals surface area contributed by atoms with Crippen LogP contribution in [0, 0.1) is 0 Å². The molecule has 1 heterocycles. The van der Waals surface area contributed by atoms with Crippen molar-refractivity contribution in [2.45, 2.75) is 13.8 Å². The minimum absolute atomic E-state index is 0.0678. The number of benzene rings is 1. The highest BCUT2D eigenvalue weighted by Crippen LogP contribution is 2.28. The van der Waals surface area contributed by atoms with Crippen LogP contribution < -0.4 is 0 Å². The second-order valence-electron chi connectivity index (χ2n) is 4.30. The van der Waals surface area contributed by atoms with Gasteiger partial charge in [-0.1, -0.05) is 28.1 Å². The Morgan fingerprint density at radius 1 is 1.05 bits per heavy atom. The molecular weight excluding hydrogens is 352 g/mol. The van der Waals surface area contributed by atoms with Crippen molar-refractivity contribution >= 4 is 27.9 Å². The summed E-state index contributed by atoms with van der Waals surface area (Å²) in [6.45, 7) is 3.77. The standard InChI is InChI=1S/C16H15BrO5/c1-3-20-15(18)12-9-13(10-5-7-11(17)8-6-10)22-14(12)16(19)21-4-2/h5-9H,3-4H2,1-2H3. The average Bonchev–Trinajstić information content (AvgIpc) is 2.94. The molecule has 2 rings (SSSR count). The van der Waals surface area contributed by atoms with Crippen molar-refractivity contribution in [1.29, 1.82) is 0 Å². The summed E-state index contributed by atoms with van der Waals surface area (Å²) in [7, 11) is 0. The van der Waals surface area contributed by atoms with Gasteiger partial charge < -0.3 is 13.9 Å². The lowest BCUT2D eigenvalue weighted by atomic mass is 10.1. The summed E-state index contributed by atoms with van der Waals surface area (Å²) in [6, 6.07) is 8.80. The lowest BCUT2D eigenvalue weighted by molar-refractivity contribution is 0.0452. The summed E-state index contributed by atoms with van der Waals surface area (Å²) in [4.78, 5) is 23.9. The molecule has 0 amide bonds. The Balaban J connectivity index is 2.44. The molecule has 6 heteroatoms. The van der Waals surface area contributed by atoms with E-state index in [-0.39, 0.29) is 24.5 Å². The van der Waals surface area contributed by atoms with E-state index in [0.717, 1.165) is 10.0 Å². The number of carbonyl (C=O) groups is 2. The number of hydrogen-bond acceptors (Lipinski definition) is 5. The molecule has 0 aliphatic heterocycles. The monoisotopic (exact) mass is 366 g/mol. The van der Waals surface area contributed by atoms with E-state index in [2.05, 4.69) is 15.9 Å². The van der Waals surface area contributed by atoms with Gasteiger partial charge in [0.25, 0.3) is 0 Å². The minimum Gasteiger partial charge on any atom is -0.462 e.